The van der Waals surface area contributed by atoms with Gasteiger partial charge in [0.25, 0.3) is 0 Å². The fraction of sp³-hybridized carbons (Fsp3) is 0.364. The van der Waals surface area contributed by atoms with Crippen molar-refractivity contribution < 1.29 is 9.53 Å². The number of aliphatic imine (C=N–C) groups is 1. The number of thiophene rings is 1. The summed E-state index contributed by atoms with van der Waals surface area (Å²) in [5.41, 5.74) is 9.36. The first kappa shape index (κ1) is 21.5. The maximum Gasteiger partial charge on any atom is 0.308 e. The number of ether oxygens (including phenoxy) is 1. The number of rotatable bonds is 3. The third-order valence-corrected chi connectivity index (χ3v) is 6.44. The van der Waals surface area contributed by atoms with Crippen LogP contribution in [0, 0.1) is 13.8 Å². The molecule has 0 spiro atoms. The molecule has 162 valence electrons. The van der Waals surface area contributed by atoms with Crippen molar-refractivity contribution >= 4 is 40.6 Å². The lowest BCUT2D eigenvalue weighted by Gasteiger charge is -2.21. The van der Waals surface area contributed by atoms with Crippen LogP contribution in [-0.4, -0.2) is 32.0 Å². The predicted molar refractivity (Wildman–Crippen MR) is 123 cm³/mol. The van der Waals surface area contributed by atoms with Gasteiger partial charge in [0.1, 0.15) is 16.6 Å². The molecule has 0 saturated carbocycles. The molecule has 0 saturated heterocycles. The van der Waals surface area contributed by atoms with E-state index in [1.165, 1.54) is 0 Å². The van der Waals surface area contributed by atoms with Crippen LogP contribution in [0.4, 0.5) is 5.95 Å². The van der Waals surface area contributed by atoms with Gasteiger partial charge in [-0.1, -0.05) is 23.7 Å². The molecule has 1 aromatic carbocycles. The lowest BCUT2D eigenvalue weighted by molar-refractivity contribution is -0.155. The molecule has 7 nitrogen and oxygen atoms in total. The van der Waals surface area contributed by atoms with Crippen molar-refractivity contribution in [3.8, 4) is 5.00 Å². The van der Waals surface area contributed by atoms with Gasteiger partial charge in [-0.25, -0.2) is 0 Å². The second kappa shape index (κ2) is 7.76. The average molecular weight is 458 g/mol. The highest BCUT2D eigenvalue weighted by Crippen LogP contribution is 2.40. The van der Waals surface area contributed by atoms with Crippen molar-refractivity contribution in [2.45, 2.75) is 52.7 Å². The summed E-state index contributed by atoms with van der Waals surface area (Å²) in [6, 6.07) is 6.92. The predicted octanol–water partition coefficient (Wildman–Crippen LogP) is 4.81. The number of benzene rings is 1. The Hall–Kier alpha value is -2.71. The molecule has 9 heteroatoms. The van der Waals surface area contributed by atoms with E-state index >= 15 is 0 Å². The maximum atomic E-state index is 12.7. The second-order valence-corrected chi connectivity index (χ2v) is 10.1. The Morgan fingerprint density at radius 2 is 1.90 bits per heavy atom. The summed E-state index contributed by atoms with van der Waals surface area (Å²) in [4.78, 5) is 18.8. The SMILES string of the molecule is Cc1sc2c(c1C)C(c1ccc(Cl)cc1)=N[C@@H](CC(=O)OC(C)(C)C)c1nnc(N)n1-2. The number of nitrogen functional groups attached to an aromatic ring is 1. The summed E-state index contributed by atoms with van der Waals surface area (Å²) < 4.78 is 7.36. The van der Waals surface area contributed by atoms with Gasteiger partial charge >= 0.3 is 5.97 Å². The van der Waals surface area contributed by atoms with Crippen molar-refractivity contribution in [1.29, 1.82) is 0 Å². The number of nitrogens with zero attached hydrogens (tertiary/aromatic N) is 4. The van der Waals surface area contributed by atoms with Crippen LogP contribution >= 0.6 is 22.9 Å². The zero-order valence-corrected chi connectivity index (χ0v) is 19.6. The van der Waals surface area contributed by atoms with E-state index in [0.29, 0.717) is 10.8 Å². The third-order valence-electron chi connectivity index (χ3n) is 5.00. The van der Waals surface area contributed by atoms with Crippen LogP contribution in [0.5, 0.6) is 0 Å². The monoisotopic (exact) mass is 457 g/mol. The Labute approximate surface area is 189 Å². The number of anilines is 1. The molecule has 0 aliphatic carbocycles. The standard InChI is InChI=1S/C22H24ClN5O2S/c1-11-12(2)31-20-17(11)18(13-6-8-14(23)9-7-13)25-15(10-16(29)30-22(3,4)5)19-26-27-21(24)28(19)20/h6-9,15H,10H2,1-5H3,(H2,24,27)/t15-/m0/s1. The number of halogens is 1. The summed E-state index contributed by atoms with van der Waals surface area (Å²) >= 11 is 7.72. The number of hydrogen-bond donors (Lipinski definition) is 1. The normalized spacial score (nSPS) is 15.7. The molecule has 0 fully saturated rings. The molecule has 1 aliphatic heterocycles. The summed E-state index contributed by atoms with van der Waals surface area (Å²) in [6.45, 7) is 9.64. The van der Waals surface area contributed by atoms with Gasteiger partial charge in [0.15, 0.2) is 5.82 Å². The lowest BCUT2D eigenvalue weighted by atomic mass is 9.99. The zero-order chi connectivity index (χ0) is 22.5. The molecule has 0 unspecified atom stereocenters. The summed E-state index contributed by atoms with van der Waals surface area (Å²) in [7, 11) is 0. The van der Waals surface area contributed by atoms with Crippen LogP contribution in [0.1, 0.15) is 60.6 Å². The molecule has 31 heavy (non-hydrogen) atoms. The van der Waals surface area contributed by atoms with Crippen molar-refractivity contribution in [3.63, 3.8) is 0 Å². The minimum absolute atomic E-state index is 0.0272. The van der Waals surface area contributed by atoms with Crippen molar-refractivity contribution in [2.75, 3.05) is 5.73 Å². The van der Waals surface area contributed by atoms with E-state index < -0.39 is 11.6 Å². The number of aromatic nitrogens is 3. The van der Waals surface area contributed by atoms with Crippen LogP contribution in [0.2, 0.25) is 5.02 Å². The first-order valence-electron chi connectivity index (χ1n) is 9.92. The molecular weight excluding hydrogens is 434 g/mol. The summed E-state index contributed by atoms with van der Waals surface area (Å²) in [5.74, 6) is 0.428. The Balaban J connectivity index is 1.91. The van der Waals surface area contributed by atoms with Gasteiger partial charge in [0.05, 0.1) is 12.1 Å². The molecule has 4 rings (SSSR count). The number of fused-ring (bicyclic) bond motifs is 3. The molecule has 3 aromatic rings. The van der Waals surface area contributed by atoms with Crippen LogP contribution < -0.4 is 5.73 Å². The first-order valence-corrected chi connectivity index (χ1v) is 11.1. The van der Waals surface area contributed by atoms with Crippen molar-refractivity contribution in [3.05, 3.63) is 56.7 Å². The van der Waals surface area contributed by atoms with Crippen molar-refractivity contribution in [2.24, 2.45) is 4.99 Å². The molecular formula is C22H24ClN5O2S. The number of nitrogens with two attached hydrogens (primary N) is 1. The molecule has 0 bridgehead atoms. The van der Waals surface area contributed by atoms with Crippen LogP contribution in [0.3, 0.4) is 0 Å². The molecule has 3 heterocycles. The van der Waals surface area contributed by atoms with Gasteiger partial charge in [-0.15, -0.1) is 21.5 Å². The van der Waals surface area contributed by atoms with E-state index in [2.05, 4.69) is 24.0 Å². The van der Waals surface area contributed by atoms with Gasteiger partial charge in [0.2, 0.25) is 5.95 Å². The van der Waals surface area contributed by atoms with E-state index in [-0.39, 0.29) is 18.3 Å². The van der Waals surface area contributed by atoms with Crippen LogP contribution in [-0.2, 0) is 9.53 Å². The second-order valence-electron chi connectivity index (χ2n) is 8.51. The molecule has 2 aromatic heterocycles. The van der Waals surface area contributed by atoms with E-state index in [1.54, 1.807) is 15.9 Å². The molecule has 0 radical (unpaired) electrons. The van der Waals surface area contributed by atoms with E-state index in [0.717, 1.165) is 32.3 Å². The van der Waals surface area contributed by atoms with Gasteiger partial charge in [0, 0.05) is 21.0 Å². The number of hydrogen-bond acceptors (Lipinski definition) is 7. The Morgan fingerprint density at radius 3 is 2.55 bits per heavy atom. The number of esters is 1. The van der Waals surface area contributed by atoms with Gasteiger partial charge < -0.3 is 10.5 Å². The highest BCUT2D eigenvalue weighted by Gasteiger charge is 2.33. The lowest BCUT2D eigenvalue weighted by Crippen LogP contribution is -2.25. The zero-order valence-electron chi connectivity index (χ0n) is 18.1. The Kier molecular flexibility index (Phi) is 5.39. The fourth-order valence-electron chi connectivity index (χ4n) is 3.56. The molecule has 0 amide bonds. The Morgan fingerprint density at radius 1 is 1.23 bits per heavy atom. The minimum atomic E-state index is -0.594. The van der Waals surface area contributed by atoms with Crippen molar-refractivity contribution in [1.82, 2.24) is 14.8 Å². The highest BCUT2D eigenvalue weighted by molar-refractivity contribution is 7.15. The fourth-order valence-corrected chi connectivity index (χ4v) is 4.86. The topological polar surface area (TPSA) is 95.4 Å². The summed E-state index contributed by atoms with van der Waals surface area (Å²) in [6.07, 6.45) is 0.0272. The number of carbonyl (C=O) groups is 1. The van der Waals surface area contributed by atoms with Gasteiger partial charge in [-0.3, -0.25) is 14.4 Å². The van der Waals surface area contributed by atoms with Gasteiger partial charge in [-0.05, 0) is 52.3 Å². The van der Waals surface area contributed by atoms with E-state index in [1.807, 2.05) is 45.0 Å². The maximum absolute atomic E-state index is 12.7. The molecule has 2 N–H and O–H groups in total. The smallest absolute Gasteiger partial charge is 0.308 e. The van der Waals surface area contributed by atoms with E-state index in [4.69, 9.17) is 27.1 Å². The third kappa shape index (κ3) is 4.09. The first-order chi connectivity index (χ1) is 14.5. The molecule has 1 atom stereocenters. The van der Waals surface area contributed by atoms with Gasteiger partial charge in [-0.2, -0.15) is 0 Å². The highest BCUT2D eigenvalue weighted by atomic mass is 35.5. The number of aryl methyl sites for hydroxylation is 1. The quantitative estimate of drug-likeness (QED) is 0.569. The minimum Gasteiger partial charge on any atom is -0.460 e. The largest absolute Gasteiger partial charge is 0.460 e. The molecule has 1 aliphatic rings. The van der Waals surface area contributed by atoms with Crippen LogP contribution in [0.25, 0.3) is 5.00 Å². The Bertz CT molecular complexity index is 1190. The van der Waals surface area contributed by atoms with Crippen LogP contribution in [0.15, 0.2) is 29.3 Å². The average Bonchev–Trinajstić information content (AvgIpc) is 3.14. The number of carbonyl (C=O) groups excluding carboxylic acids is 1. The van der Waals surface area contributed by atoms with E-state index in [9.17, 15) is 4.79 Å². The summed E-state index contributed by atoms with van der Waals surface area (Å²) in [5, 5.41) is 9.90.